The molecule has 4 aliphatic rings. The zero-order valence-corrected chi connectivity index (χ0v) is 12.6. The molecule has 0 fully saturated rings. The molecule has 0 bridgehead atoms. The molecule has 114 valence electrons. The third kappa shape index (κ3) is 3.15. The summed E-state index contributed by atoms with van der Waals surface area (Å²) >= 11 is 0. The minimum atomic E-state index is -0.0198. The molecule has 0 aromatic carbocycles. The molecule has 0 spiro atoms. The van der Waals surface area contributed by atoms with Crippen molar-refractivity contribution in [2.45, 2.75) is 0 Å². The normalized spacial score (nSPS) is 26.8. The molecule has 0 amide bonds. The Bertz CT molecular complexity index is 990. The fourth-order valence-corrected chi connectivity index (χ4v) is 2.38. The third-order valence-electron chi connectivity index (χ3n) is 3.43. The first kappa shape index (κ1) is 13.0. The first-order valence-electron chi connectivity index (χ1n) is 7.91. The molecule has 0 aromatic heterocycles. The van der Waals surface area contributed by atoms with E-state index < -0.39 is 0 Å². The Morgan fingerprint density at radius 1 is 0.833 bits per heavy atom. The maximum Gasteiger partial charge on any atom is 0.0863 e. The Morgan fingerprint density at radius 2 is 1.54 bits per heavy atom. The molecule has 0 saturated heterocycles. The number of rotatable bonds is 3. The average molecular weight is 312 g/mol. The summed E-state index contributed by atoms with van der Waals surface area (Å²) < 4.78 is 7.47. The quantitative estimate of drug-likeness (QED) is 0.830. The molecule has 0 unspecified atom stereocenters. The van der Waals surface area contributed by atoms with Crippen molar-refractivity contribution >= 4 is 29.5 Å². The molecule has 5 heteroatoms. The van der Waals surface area contributed by atoms with E-state index in [0.717, 1.165) is 28.5 Å². The van der Waals surface area contributed by atoms with Crippen molar-refractivity contribution in [2.24, 2.45) is 20.0 Å². The van der Waals surface area contributed by atoms with Crippen LogP contribution in [0.5, 0.6) is 0 Å². The van der Waals surface area contributed by atoms with Gasteiger partial charge >= 0.3 is 0 Å². The molecule has 0 saturated carbocycles. The van der Waals surface area contributed by atoms with Gasteiger partial charge in [-0.1, -0.05) is 0 Å². The predicted octanol–water partition coefficient (Wildman–Crippen LogP) is 3.29. The summed E-state index contributed by atoms with van der Waals surface area (Å²) in [5, 5.41) is 7.52. The molecule has 0 aromatic rings. The smallest absolute Gasteiger partial charge is 0.0863 e. The van der Waals surface area contributed by atoms with Crippen molar-refractivity contribution < 1.29 is 1.37 Å². The first-order valence-corrected chi connectivity index (χ1v) is 7.41. The Kier molecular flexibility index (Phi) is 3.23. The lowest BCUT2D eigenvalue weighted by Gasteiger charge is -1.92. The van der Waals surface area contributed by atoms with Gasteiger partial charge in [-0.3, -0.25) is 15.4 Å². The van der Waals surface area contributed by atoms with Crippen LogP contribution in [-0.2, 0) is 0 Å². The van der Waals surface area contributed by atoms with E-state index in [2.05, 4.69) is 20.0 Å². The van der Waals surface area contributed by atoms with Crippen LogP contribution in [0.1, 0.15) is 1.37 Å². The minimum Gasteiger partial charge on any atom is -0.299 e. The topological polar surface area (TPSA) is 73.3 Å². The molecular weight excluding hydrogens is 298 g/mol. The van der Waals surface area contributed by atoms with Crippen molar-refractivity contribution in [3.8, 4) is 0 Å². The highest BCUT2D eigenvalue weighted by Crippen LogP contribution is 2.18. The van der Waals surface area contributed by atoms with Crippen molar-refractivity contribution in [3.63, 3.8) is 0 Å². The third-order valence-corrected chi connectivity index (χ3v) is 3.43. The van der Waals surface area contributed by atoms with E-state index in [1.54, 1.807) is 18.4 Å². The van der Waals surface area contributed by atoms with Crippen molar-refractivity contribution in [1.29, 1.82) is 5.41 Å². The summed E-state index contributed by atoms with van der Waals surface area (Å²) in [4.78, 5) is 17.2. The monoisotopic (exact) mass is 312 g/mol. The van der Waals surface area contributed by atoms with Gasteiger partial charge in [0, 0.05) is 6.21 Å². The Labute approximate surface area is 140 Å². The number of nitrogens with zero attached hydrogens (tertiary/aromatic N) is 4. The van der Waals surface area contributed by atoms with E-state index in [0.29, 0.717) is 5.70 Å². The van der Waals surface area contributed by atoms with Gasteiger partial charge in [-0.05, 0) is 60.8 Å². The lowest BCUT2D eigenvalue weighted by atomic mass is 10.2. The van der Waals surface area contributed by atoms with E-state index in [-0.39, 0.29) is 11.9 Å². The zero-order valence-electron chi connectivity index (χ0n) is 13.6. The Morgan fingerprint density at radius 3 is 2.17 bits per heavy atom. The summed E-state index contributed by atoms with van der Waals surface area (Å²) in [6.07, 6.45) is 20.3. The fourth-order valence-electron chi connectivity index (χ4n) is 2.38. The molecule has 5 nitrogen and oxygen atoms in total. The lowest BCUT2D eigenvalue weighted by Crippen LogP contribution is -1.86. The van der Waals surface area contributed by atoms with Crippen LogP contribution in [-0.4, -0.2) is 29.5 Å². The molecule has 4 heterocycles. The van der Waals surface area contributed by atoms with Gasteiger partial charge in [0.1, 0.15) is 0 Å². The van der Waals surface area contributed by atoms with Gasteiger partial charge in [0.2, 0.25) is 0 Å². The lowest BCUT2D eigenvalue weighted by molar-refractivity contribution is 1.37. The van der Waals surface area contributed by atoms with Crippen molar-refractivity contribution in [1.82, 2.24) is 0 Å². The Balaban J connectivity index is 1.50. The maximum atomic E-state index is 7.52. The summed E-state index contributed by atoms with van der Waals surface area (Å²) in [6, 6.07) is 0. The van der Waals surface area contributed by atoms with E-state index in [4.69, 9.17) is 6.78 Å². The van der Waals surface area contributed by atoms with Crippen LogP contribution in [0.25, 0.3) is 0 Å². The standard InChI is InChI=1S/C19H13N5/c20-13-8-19(22-12-13)11-18-6-5-17(24-18)10-16-4-3-15(23-16)9-14-2-1-7-21-14/h1-12,20H/i12D. The van der Waals surface area contributed by atoms with Crippen molar-refractivity contribution in [3.05, 3.63) is 83.5 Å². The maximum absolute atomic E-state index is 7.52. The van der Waals surface area contributed by atoms with Gasteiger partial charge in [-0.15, -0.1) is 0 Å². The first-order chi connectivity index (χ1) is 12.2. The highest BCUT2D eigenvalue weighted by molar-refractivity contribution is 6.36. The fraction of sp³-hybridized carbons (Fsp3) is 0. The Hall–Kier alpha value is -3.47. The summed E-state index contributed by atoms with van der Waals surface area (Å²) in [5.41, 5.74) is 4.80. The van der Waals surface area contributed by atoms with Crippen LogP contribution in [0.2, 0.25) is 0 Å². The van der Waals surface area contributed by atoms with Gasteiger partial charge in [0.15, 0.2) is 0 Å². The number of aliphatic imine (C=N–C) groups is 4. The predicted molar refractivity (Wildman–Crippen MR) is 99.3 cm³/mol. The molecule has 24 heavy (non-hydrogen) atoms. The van der Waals surface area contributed by atoms with Gasteiger partial charge in [0.25, 0.3) is 0 Å². The average Bonchev–Trinajstić information content (AvgIpc) is 3.34. The van der Waals surface area contributed by atoms with Crippen LogP contribution in [0.4, 0.5) is 0 Å². The highest BCUT2D eigenvalue weighted by atomic mass is 14.8. The molecule has 0 radical (unpaired) electrons. The molecule has 4 rings (SSSR count). The molecular formula is C19H13N5. The second kappa shape index (κ2) is 5.96. The molecule has 4 aliphatic heterocycles. The highest BCUT2D eigenvalue weighted by Gasteiger charge is 2.08. The minimum absolute atomic E-state index is 0.0198. The van der Waals surface area contributed by atoms with E-state index in [1.807, 2.05) is 48.6 Å². The van der Waals surface area contributed by atoms with Crippen LogP contribution in [0.15, 0.2) is 104 Å². The summed E-state index contributed by atoms with van der Waals surface area (Å²) in [5.74, 6) is 0. The SMILES string of the molecule is [2H]C1=NC(C=C2C=CC(C=C3C=CC(C=C4C=CC=N4)=N3)=N2)=CC1=N. The van der Waals surface area contributed by atoms with Crippen LogP contribution < -0.4 is 0 Å². The molecule has 0 atom stereocenters. The van der Waals surface area contributed by atoms with Crippen LogP contribution >= 0.6 is 0 Å². The second-order valence-electron chi connectivity index (χ2n) is 5.29. The van der Waals surface area contributed by atoms with Crippen molar-refractivity contribution in [2.75, 3.05) is 0 Å². The van der Waals surface area contributed by atoms with Gasteiger partial charge in [-0.25, -0.2) is 9.98 Å². The molecule has 0 aliphatic carbocycles. The van der Waals surface area contributed by atoms with E-state index in [1.165, 1.54) is 0 Å². The summed E-state index contributed by atoms with van der Waals surface area (Å²) in [7, 11) is 0. The number of nitrogens with one attached hydrogen (secondary N) is 1. The van der Waals surface area contributed by atoms with E-state index in [9.17, 15) is 0 Å². The van der Waals surface area contributed by atoms with Gasteiger partial charge in [-0.2, -0.15) is 0 Å². The second-order valence-corrected chi connectivity index (χ2v) is 5.29. The zero-order chi connectivity index (χ0) is 17.2. The van der Waals surface area contributed by atoms with Crippen LogP contribution in [0.3, 0.4) is 0 Å². The van der Waals surface area contributed by atoms with Gasteiger partial charge < -0.3 is 0 Å². The number of allylic oxidation sites excluding steroid dienone is 10. The van der Waals surface area contributed by atoms with Gasteiger partial charge in [0.05, 0.1) is 47.5 Å². The number of hydrogen-bond donors (Lipinski definition) is 1. The van der Waals surface area contributed by atoms with Crippen LogP contribution in [0, 0.1) is 5.41 Å². The largest absolute Gasteiger partial charge is 0.299 e. The number of hydrogen-bond acceptors (Lipinski definition) is 5. The molecule has 1 N–H and O–H groups in total. The summed E-state index contributed by atoms with van der Waals surface area (Å²) in [6.45, 7) is 0. The van der Waals surface area contributed by atoms with E-state index >= 15 is 0 Å².